The molecule has 1 saturated heterocycles. The standard InChI is InChI=1S/C21H20F2N2O3S/c1-13-3-6-18-16(9-13)21(25(7-8-29-21)19(26)12-28-2)20(27)24(18)11-14-4-5-15(22)10-17(14)23/h3-6,9-10H,7-8,11-12H2,1-2H3/t21-/m0/s1. The first-order valence-corrected chi connectivity index (χ1v) is 10.2. The lowest BCUT2D eigenvalue weighted by atomic mass is 10.0. The Bertz CT molecular complexity index is 1000. The van der Waals surface area contributed by atoms with Crippen LogP contribution in [0.5, 0.6) is 0 Å². The number of nitrogens with zero attached hydrogens (tertiary/aromatic N) is 2. The molecule has 0 aliphatic carbocycles. The lowest BCUT2D eigenvalue weighted by Gasteiger charge is -2.33. The number of halogens is 2. The maximum absolute atomic E-state index is 14.3. The summed E-state index contributed by atoms with van der Waals surface area (Å²) in [5.74, 6) is -1.34. The van der Waals surface area contributed by atoms with Crippen LogP contribution in [0.1, 0.15) is 16.7 Å². The smallest absolute Gasteiger partial charge is 0.268 e. The van der Waals surface area contributed by atoms with E-state index >= 15 is 0 Å². The van der Waals surface area contributed by atoms with Crippen molar-refractivity contribution in [3.8, 4) is 0 Å². The second-order valence-corrected chi connectivity index (χ2v) is 8.41. The van der Waals surface area contributed by atoms with E-state index in [9.17, 15) is 18.4 Å². The molecule has 2 aromatic rings. The predicted octanol–water partition coefficient (Wildman–Crippen LogP) is 3.19. The first kappa shape index (κ1) is 19.8. The molecule has 29 heavy (non-hydrogen) atoms. The van der Waals surface area contributed by atoms with Crippen LogP contribution in [0.2, 0.25) is 0 Å². The minimum absolute atomic E-state index is 0.0460. The van der Waals surface area contributed by atoms with Crippen LogP contribution < -0.4 is 4.90 Å². The van der Waals surface area contributed by atoms with Crippen molar-refractivity contribution in [3.05, 3.63) is 64.7 Å². The van der Waals surface area contributed by atoms with Gasteiger partial charge in [-0.05, 0) is 19.1 Å². The molecule has 2 heterocycles. The molecule has 0 aromatic heterocycles. The van der Waals surface area contributed by atoms with Crippen LogP contribution >= 0.6 is 11.8 Å². The predicted molar refractivity (Wildman–Crippen MR) is 106 cm³/mol. The maximum Gasteiger partial charge on any atom is 0.268 e. The molecule has 5 nitrogen and oxygen atoms in total. The van der Waals surface area contributed by atoms with Crippen molar-refractivity contribution in [1.82, 2.24) is 4.90 Å². The number of amides is 2. The Morgan fingerprint density at radius 2 is 2.03 bits per heavy atom. The molecule has 0 bridgehead atoms. The third-order valence-corrected chi connectivity index (χ3v) is 6.68. The Kier molecular flexibility index (Phi) is 5.08. The minimum atomic E-state index is -1.19. The summed E-state index contributed by atoms with van der Waals surface area (Å²) in [7, 11) is 1.44. The van der Waals surface area contributed by atoms with E-state index in [4.69, 9.17) is 4.74 Å². The molecule has 0 unspecified atom stereocenters. The number of hydrogen-bond acceptors (Lipinski definition) is 4. The monoisotopic (exact) mass is 418 g/mol. The fraction of sp³-hybridized carbons (Fsp3) is 0.333. The Hall–Kier alpha value is -2.45. The van der Waals surface area contributed by atoms with E-state index in [0.717, 1.165) is 17.2 Å². The SMILES string of the molecule is COCC(=O)N1CCS[C@@]12C(=O)N(Cc1ccc(F)cc1F)c1ccc(C)cc12. The molecule has 2 aliphatic heterocycles. The van der Waals surface area contributed by atoms with Crippen LogP contribution in [-0.4, -0.2) is 42.7 Å². The number of rotatable bonds is 4. The average molecular weight is 418 g/mol. The number of fused-ring (bicyclic) bond motifs is 2. The number of thioether (sulfide) groups is 1. The summed E-state index contributed by atoms with van der Waals surface area (Å²) in [4.78, 5) is 28.2. The minimum Gasteiger partial charge on any atom is -0.375 e. The molecule has 0 radical (unpaired) electrons. The van der Waals surface area contributed by atoms with E-state index in [1.54, 1.807) is 4.90 Å². The largest absolute Gasteiger partial charge is 0.375 e. The third kappa shape index (κ3) is 3.11. The summed E-state index contributed by atoms with van der Waals surface area (Å²) in [5, 5.41) is 0. The van der Waals surface area contributed by atoms with Crippen molar-refractivity contribution < 1.29 is 23.1 Å². The fourth-order valence-corrected chi connectivity index (χ4v) is 5.43. The number of methoxy groups -OCH3 is 1. The second kappa shape index (κ2) is 7.42. The van der Waals surface area contributed by atoms with Gasteiger partial charge in [-0.15, -0.1) is 11.8 Å². The molecule has 4 rings (SSSR count). The van der Waals surface area contributed by atoms with Gasteiger partial charge in [0.1, 0.15) is 18.2 Å². The summed E-state index contributed by atoms with van der Waals surface area (Å²) < 4.78 is 32.6. The molecule has 1 atom stereocenters. The number of carbonyl (C=O) groups excluding carboxylic acids is 2. The van der Waals surface area contributed by atoms with Gasteiger partial charge in [-0.2, -0.15) is 0 Å². The molecule has 152 valence electrons. The Labute approximate surface area is 171 Å². The van der Waals surface area contributed by atoms with E-state index in [0.29, 0.717) is 18.0 Å². The van der Waals surface area contributed by atoms with Gasteiger partial charge in [0.25, 0.3) is 5.91 Å². The van der Waals surface area contributed by atoms with Gasteiger partial charge in [0.15, 0.2) is 4.87 Å². The third-order valence-electron chi connectivity index (χ3n) is 5.26. The van der Waals surface area contributed by atoms with E-state index in [-0.39, 0.29) is 30.5 Å². The van der Waals surface area contributed by atoms with E-state index < -0.39 is 16.5 Å². The lowest BCUT2D eigenvalue weighted by Crippen LogP contribution is -2.51. The molecular formula is C21H20F2N2O3S. The highest BCUT2D eigenvalue weighted by Gasteiger charge is 2.59. The maximum atomic E-state index is 14.3. The molecule has 2 aliphatic rings. The van der Waals surface area contributed by atoms with Crippen LogP contribution in [0.15, 0.2) is 36.4 Å². The van der Waals surface area contributed by atoms with Crippen molar-refractivity contribution in [2.24, 2.45) is 0 Å². The summed E-state index contributed by atoms with van der Waals surface area (Å²) >= 11 is 1.40. The molecule has 0 saturated carbocycles. The fourth-order valence-electron chi connectivity index (χ4n) is 3.96. The van der Waals surface area contributed by atoms with Gasteiger partial charge in [-0.25, -0.2) is 8.78 Å². The molecule has 0 N–H and O–H groups in total. The van der Waals surface area contributed by atoms with Crippen molar-refractivity contribution >= 4 is 29.3 Å². The summed E-state index contributed by atoms with van der Waals surface area (Å²) in [6.07, 6.45) is 0. The summed E-state index contributed by atoms with van der Waals surface area (Å²) in [5.41, 5.74) is 2.52. The van der Waals surface area contributed by atoms with Gasteiger partial charge in [0.05, 0.1) is 12.2 Å². The first-order chi connectivity index (χ1) is 13.9. The lowest BCUT2D eigenvalue weighted by molar-refractivity contribution is -0.143. The molecule has 1 spiro atoms. The zero-order valence-electron chi connectivity index (χ0n) is 16.1. The van der Waals surface area contributed by atoms with Crippen LogP contribution in [0.4, 0.5) is 14.5 Å². The first-order valence-electron chi connectivity index (χ1n) is 9.19. The molecular weight excluding hydrogens is 398 g/mol. The summed E-state index contributed by atoms with van der Waals surface area (Å²) in [6, 6.07) is 8.91. The van der Waals surface area contributed by atoms with Gasteiger partial charge in [0.2, 0.25) is 5.91 Å². The number of hydrogen-bond donors (Lipinski definition) is 0. The van der Waals surface area contributed by atoms with Crippen LogP contribution in [0.25, 0.3) is 0 Å². The zero-order chi connectivity index (χ0) is 20.8. The molecule has 8 heteroatoms. The highest BCUT2D eigenvalue weighted by Crippen LogP contribution is 2.54. The zero-order valence-corrected chi connectivity index (χ0v) is 16.9. The molecule has 1 fully saturated rings. The van der Waals surface area contributed by atoms with Gasteiger partial charge >= 0.3 is 0 Å². The van der Waals surface area contributed by atoms with Gasteiger partial charge < -0.3 is 14.5 Å². The second-order valence-electron chi connectivity index (χ2n) is 7.12. The van der Waals surface area contributed by atoms with Crippen molar-refractivity contribution in [3.63, 3.8) is 0 Å². The Morgan fingerprint density at radius 1 is 1.24 bits per heavy atom. The average Bonchev–Trinajstić information content (AvgIpc) is 3.21. The van der Waals surface area contributed by atoms with Gasteiger partial charge in [-0.1, -0.05) is 23.8 Å². The van der Waals surface area contributed by atoms with E-state index in [1.165, 1.54) is 35.9 Å². The normalized spacial score (nSPS) is 20.6. The van der Waals surface area contributed by atoms with Crippen LogP contribution in [0.3, 0.4) is 0 Å². The number of benzene rings is 2. The van der Waals surface area contributed by atoms with Gasteiger partial charge in [-0.3, -0.25) is 9.59 Å². The number of ether oxygens (including phenoxy) is 1. The van der Waals surface area contributed by atoms with Crippen molar-refractivity contribution in [2.75, 3.05) is 30.9 Å². The topological polar surface area (TPSA) is 49.9 Å². The van der Waals surface area contributed by atoms with Crippen molar-refractivity contribution in [2.45, 2.75) is 18.3 Å². The molecule has 2 amide bonds. The van der Waals surface area contributed by atoms with Gasteiger partial charge in [0, 0.05) is 36.6 Å². The van der Waals surface area contributed by atoms with Crippen LogP contribution in [0, 0.1) is 18.6 Å². The van der Waals surface area contributed by atoms with E-state index in [2.05, 4.69) is 0 Å². The quantitative estimate of drug-likeness (QED) is 0.765. The van der Waals surface area contributed by atoms with Crippen molar-refractivity contribution in [1.29, 1.82) is 0 Å². The van der Waals surface area contributed by atoms with Crippen LogP contribution in [-0.2, 0) is 25.7 Å². The number of anilines is 1. The Morgan fingerprint density at radius 3 is 2.76 bits per heavy atom. The highest BCUT2D eigenvalue weighted by molar-refractivity contribution is 8.01. The summed E-state index contributed by atoms with van der Waals surface area (Å²) in [6.45, 7) is 2.17. The highest BCUT2D eigenvalue weighted by atomic mass is 32.2. The van der Waals surface area contributed by atoms with E-state index in [1.807, 2.05) is 25.1 Å². The number of aryl methyl sites for hydroxylation is 1. The number of carbonyl (C=O) groups is 2. The molecule has 2 aromatic carbocycles. The Balaban J connectivity index is 1.80.